The average molecular weight is 289 g/mol. The van der Waals surface area contributed by atoms with Gasteiger partial charge < -0.3 is 4.74 Å². The minimum atomic E-state index is -0.0847. The fourth-order valence-corrected chi connectivity index (χ4v) is 3.20. The lowest BCUT2D eigenvalue weighted by Crippen LogP contribution is -2.46. The molecule has 0 N–H and O–H groups in total. The first-order chi connectivity index (χ1) is 10.1. The molecule has 1 heterocycles. The molecular weight excluding hydrogens is 262 g/mol. The van der Waals surface area contributed by atoms with E-state index in [2.05, 4.69) is 36.1 Å². The van der Waals surface area contributed by atoms with Crippen LogP contribution in [0.2, 0.25) is 0 Å². The molecule has 3 heteroatoms. The number of likely N-dealkylation sites (tertiary alicyclic amines) is 1. The molecule has 1 unspecified atom stereocenters. The van der Waals surface area contributed by atoms with Gasteiger partial charge in [-0.05, 0) is 58.2 Å². The van der Waals surface area contributed by atoms with E-state index >= 15 is 0 Å². The number of esters is 1. The van der Waals surface area contributed by atoms with Crippen molar-refractivity contribution in [3.8, 4) is 0 Å². The second kappa shape index (κ2) is 7.60. The summed E-state index contributed by atoms with van der Waals surface area (Å²) in [5.74, 6) is -0.0695. The molecule has 0 amide bonds. The average Bonchev–Trinajstić information content (AvgIpc) is 3.01. The van der Waals surface area contributed by atoms with Crippen LogP contribution in [0.4, 0.5) is 0 Å². The summed E-state index contributed by atoms with van der Waals surface area (Å²) in [5, 5.41) is 0. The van der Waals surface area contributed by atoms with E-state index in [0.717, 1.165) is 25.9 Å². The summed E-state index contributed by atoms with van der Waals surface area (Å²) < 4.78 is 5.18. The highest BCUT2D eigenvalue weighted by atomic mass is 16.5. The van der Waals surface area contributed by atoms with Crippen molar-refractivity contribution >= 4 is 5.97 Å². The summed E-state index contributed by atoms with van der Waals surface area (Å²) in [6, 6.07) is 10.5. The monoisotopic (exact) mass is 289 g/mol. The van der Waals surface area contributed by atoms with Crippen molar-refractivity contribution < 1.29 is 9.53 Å². The molecule has 1 aliphatic rings. The SMILES string of the molecule is CCOC(=O)CC(C)(CCc1ccccc1)N1CCCC1. The lowest BCUT2D eigenvalue weighted by molar-refractivity contribution is -0.146. The summed E-state index contributed by atoms with van der Waals surface area (Å²) in [5.41, 5.74) is 1.25. The standard InChI is InChI=1S/C18H27NO2/c1-3-21-17(20)15-18(2,19-13-7-8-14-19)12-11-16-9-5-4-6-10-16/h4-6,9-10H,3,7-8,11-15H2,1-2H3. The number of carbonyl (C=O) groups is 1. The number of hydrogen-bond acceptors (Lipinski definition) is 3. The fraction of sp³-hybridized carbons (Fsp3) is 0.611. The third-order valence-corrected chi connectivity index (χ3v) is 4.50. The molecule has 1 aliphatic heterocycles. The Bertz CT molecular complexity index is 440. The first kappa shape index (κ1) is 16.0. The first-order valence-corrected chi connectivity index (χ1v) is 8.08. The van der Waals surface area contributed by atoms with Crippen LogP contribution in [0.5, 0.6) is 0 Å². The van der Waals surface area contributed by atoms with E-state index in [9.17, 15) is 4.79 Å². The van der Waals surface area contributed by atoms with Crippen LogP contribution in [0.1, 0.15) is 45.1 Å². The number of aryl methyl sites for hydroxylation is 1. The van der Waals surface area contributed by atoms with Crippen molar-refractivity contribution in [2.75, 3.05) is 19.7 Å². The maximum Gasteiger partial charge on any atom is 0.307 e. The third-order valence-electron chi connectivity index (χ3n) is 4.50. The second-order valence-electron chi connectivity index (χ2n) is 6.16. The lowest BCUT2D eigenvalue weighted by Gasteiger charge is -2.38. The number of rotatable bonds is 7. The van der Waals surface area contributed by atoms with Gasteiger partial charge in [0, 0.05) is 5.54 Å². The van der Waals surface area contributed by atoms with E-state index in [1.807, 2.05) is 13.0 Å². The molecule has 0 saturated carbocycles. The van der Waals surface area contributed by atoms with Crippen molar-refractivity contribution in [3.05, 3.63) is 35.9 Å². The van der Waals surface area contributed by atoms with Crippen LogP contribution >= 0.6 is 0 Å². The Morgan fingerprint density at radius 2 is 1.90 bits per heavy atom. The molecule has 0 spiro atoms. The van der Waals surface area contributed by atoms with Crippen LogP contribution in [0, 0.1) is 0 Å². The molecule has 1 aromatic rings. The maximum atomic E-state index is 12.0. The van der Waals surface area contributed by atoms with Crippen LogP contribution in [-0.2, 0) is 16.0 Å². The summed E-state index contributed by atoms with van der Waals surface area (Å²) in [6.45, 7) is 6.76. The Kier molecular flexibility index (Phi) is 5.80. The van der Waals surface area contributed by atoms with Gasteiger partial charge in [0.1, 0.15) is 0 Å². The molecule has 3 nitrogen and oxygen atoms in total. The van der Waals surface area contributed by atoms with Crippen LogP contribution in [-0.4, -0.2) is 36.1 Å². The molecule has 0 bridgehead atoms. The predicted octanol–water partition coefficient (Wildman–Crippen LogP) is 3.43. The van der Waals surface area contributed by atoms with Gasteiger partial charge in [-0.15, -0.1) is 0 Å². The molecule has 21 heavy (non-hydrogen) atoms. The largest absolute Gasteiger partial charge is 0.466 e. The maximum absolute atomic E-state index is 12.0. The second-order valence-corrected chi connectivity index (χ2v) is 6.16. The van der Waals surface area contributed by atoms with Crippen molar-refractivity contribution in [2.24, 2.45) is 0 Å². The van der Waals surface area contributed by atoms with E-state index in [1.165, 1.54) is 18.4 Å². The highest BCUT2D eigenvalue weighted by Gasteiger charge is 2.35. The van der Waals surface area contributed by atoms with Gasteiger partial charge in [-0.2, -0.15) is 0 Å². The van der Waals surface area contributed by atoms with Crippen molar-refractivity contribution in [3.63, 3.8) is 0 Å². The molecule has 116 valence electrons. The highest BCUT2D eigenvalue weighted by Crippen LogP contribution is 2.30. The molecule has 1 aromatic carbocycles. The zero-order chi connectivity index (χ0) is 15.1. The van der Waals surface area contributed by atoms with Crippen LogP contribution in [0.15, 0.2) is 30.3 Å². The Morgan fingerprint density at radius 3 is 2.52 bits per heavy atom. The van der Waals surface area contributed by atoms with Crippen molar-refractivity contribution in [1.29, 1.82) is 0 Å². The van der Waals surface area contributed by atoms with Gasteiger partial charge in [-0.1, -0.05) is 30.3 Å². The van der Waals surface area contributed by atoms with Gasteiger partial charge in [0.05, 0.1) is 13.0 Å². The Hall–Kier alpha value is -1.35. The van der Waals surface area contributed by atoms with E-state index in [4.69, 9.17) is 4.74 Å². The van der Waals surface area contributed by atoms with E-state index in [0.29, 0.717) is 13.0 Å². The summed E-state index contributed by atoms with van der Waals surface area (Å²) in [4.78, 5) is 14.5. The molecular formula is C18H27NO2. The predicted molar refractivity (Wildman–Crippen MR) is 85.2 cm³/mol. The number of nitrogens with zero attached hydrogens (tertiary/aromatic N) is 1. The number of benzene rings is 1. The number of hydrogen-bond donors (Lipinski definition) is 0. The zero-order valence-electron chi connectivity index (χ0n) is 13.3. The topological polar surface area (TPSA) is 29.5 Å². The molecule has 0 radical (unpaired) electrons. The quantitative estimate of drug-likeness (QED) is 0.720. The van der Waals surface area contributed by atoms with E-state index in [1.54, 1.807) is 0 Å². The number of carbonyl (C=O) groups excluding carboxylic acids is 1. The van der Waals surface area contributed by atoms with Gasteiger partial charge >= 0.3 is 5.97 Å². The third kappa shape index (κ3) is 4.57. The minimum absolute atomic E-state index is 0.0695. The number of ether oxygens (including phenoxy) is 1. The van der Waals surface area contributed by atoms with Gasteiger partial charge in [-0.25, -0.2) is 0 Å². The van der Waals surface area contributed by atoms with Crippen molar-refractivity contribution in [1.82, 2.24) is 4.90 Å². The van der Waals surface area contributed by atoms with Gasteiger partial charge in [-0.3, -0.25) is 9.69 Å². The molecule has 0 aliphatic carbocycles. The Balaban J connectivity index is 2.02. The van der Waals surface area contributed by atoms with Gasteiger partial charge in [0.2, 0.25) is 0 Å². The highest BCUT2D eigenvalue weighted by molar-refractivity contribution is 5.70. The lowest BCUT2D eigenvalue weighted by atomic mass is 9.88. The minimum Gasteiger partial charge on any atom is -0.466 e. The van der Waals surface area contributed by atoms with Gasteiger partial charge in [0.25, 0.3) is 0 Å². The van der Waals surface area contributed by atoms with Crippen LogP contribution in [0.25, 0.3) is 0 Å². The Labute approximate surface area is 128 Å². The zero-order valence-corrected chi connectivity index (χ0v) is 13.3. The molecule has 1 atom stereocenters. The van der Waals surface area contributed by atoms with E-state index in [-0.39, 0.29) is 11.5 Å². The van der Waals surface area contributed by atoms with Crippen LogP contribution < -0.4 is 0 Å². The van der Waals surface area contributed by atoms with Gasteiger partial charge in [0.15, 0.2) is 0 Å². The molecule has 2 rings (SSSR count). The molecule has 0 aromatic heterocycles. The normalized spacial score (nSPS) is 18.4. The van der Waals surface area contributed by atoms with Crippen molar-refractivity contribution in [2.45, 2.75) is 51.5 Å². The summed E-state index contributed by atoms with van der Waals surface area (Å²) in [6.07, 6.45) is 4.98. The Morgan fingerprint density at radius 1 is 1.24 bits per heavy atom. The first-order valence-electron chi connectivity index (χ1n) is 8.08. The summed E-state index contributed by atoms with van der Waals surface area (Å²) in [7, 11) is 0. The van der Waals surface area contributed by atoms with Crippen LogP contribution in [0.3, 0.4) is 0 Å². The summed E-state index contributed by atoms with van der Waals surface area (Å²) >= 11 is 0. The molecule has 1 saturated heterocycles. The van der Waals surface area contributed by atoms with E-state index < -0.39 is 0 Å². The smallest absolute Gasteiger partial charge is 0.307 e. The fourth-order valence-electron chi connectivity index (χ4n) is 3.20. The molecule has 1 fully saturated rings.